The molecule has 2 rings (SSSR count). The van der Waals surface area contributed by atoms with Crippen LogP contribution in [0.15, 0.2) is 42.5 Å². The molecule has 2 aromatic carbocycles. The lowest BCUT2D eigenvalue weighted by molar-refractivity contribution is 0.146. The first kappa shape index (κ1) is 14.7. The first-order valence-corrected chi connectivity index (χ1v) is 6.74. The predicted octanol–water partition coefficient (Wildman–Crippen LogP) is 3.22. The van der Waals surface area contributed by atoms with Crippen LogP contribution < -0.4 is 5.73 Å². The lowest BCUT2D eigenvalue weighted by atomic mass is 9.85. The molecule has 2 atom stereocenters. The second-order valence-corrected chi connectivity index (χ2v) is 5.15. The molecule has 0 aliphatic carbocycles. The van der Waals surface area contributed by atoms with Crippen molar-refractivity contribution in [2.24, 2.45) is 5.73 Å². The van der Waals surface area contributed by atoms with Gasteiger partial charge in [0, 0.05) is 12.5 Å². The monoisotopic (exact) mass is 273 g/mol. The molecule has 2 nitrogen and oxygen atoms in total. The fourth-order valence-electron chi connectivity index (χ4n) is 2.68. The van der Waals surface area contributed by atoms with Gasteiger partial charge in [0.25, 0.3) is 0 Å². The fourth-order valence-corrected chi connectivity index (χ4v) is 2.68. The van der Waals surface area contributed by atoms with Gasteiger partial charge in [-0.05, 0) is 48.2 Å². The summed E-state index contributed by atoms with van der Waals surface area (Å²) >= 11 is 0. The first-order chi connectivity index (χ1) is 9.54. The average Bonchev–Trinajstić information content (AvgIpc) is 2.39. The first-order valence-electron chi connectivity index (χ1n) is 6.74. The smallest absolute Gasteiger partial charge is 0.123 e. The van der Waals surface area contributed by atoms with E-state index in [0.29, 0.717) is 0 Å². The number of hydrogen-bond acceptors (Lipinski definition) is 2. The highest BCUT2D eigenvalue weighted by Gasteiger charge is 2.24. The van der Waals surface area contributed by atoms with Crippen LogP contribution in [0.4, 0.5) is 4.39 Å². The molecule has 3 N–H and O–H groups in total. The average molecular weight is 273 g/mol. The predicted molar refractivity (Wildman–Crippen MR) is 79.1 cm³/mol. The zero-order chi connectivity index (χ0) is 14.7. The number of nitrogens with two attached hydrogens (primary N) is 1. The Morgan fingerprint density at radius 1 is 1.10 bits per heavy atom. The van der Waals surface area contributed by atoms with Gasteiger partial charge in [-0.1, -0.05) is 30.3 Å². The van der Waals surface area contributed by atoms with E-state index < -0.39 is 6.10 Å². The summed E-state index contributed by atoms with van der Waals surface area (Å²) in [6, 6.07) is 12.2. The molecule has 2 unspecified atom stereocenters. The maximum Gasteiger partial charge on any atom is 0.123 e. The molecule has 0 radical (unpaired) electrons. The fraction of sp³-hybridized carbons (Fsp3) is 0.294. The van der Waals surface area contributed by atoms with Crippen LogP contribution in [0.3, 0.4) is 0 Å². The molecule has 0 saturated carbocycles. The standard InChI is InChI=1S/C17H20FNO/c1-11-5-3-6-12(2)16(11)17(20)15(10-19)13-7-4-8-14(18)9-13/h3-9,15,17,20H,10,19H2,1-2H3. The Balaban J connectivity index is 2.41. The van der Waals surface area contributed by atoms with Crippen molar-refractivity contribution in [3.63, 3.8) is 0 Å². The number of halogens is 1. The molecule has 2 aromatic rings. The third-order valence-electron chi connectivity index (χ3n) is 3.75. The Bertz CT molecular complexity index is 577. The second kappa shape index (κ2) is 6.16. The maximum atomic E-state index is 13.4. The van der Waals surface area contributed by atoms with E-state index in [1.165, 1.54) is 12.1 Å². The van der Waals surface area contributed by atoms with Gasteiger partial charge in [0.2, 0.25) is 0 Å². The Morgan fingerprint density at radius 3 is 2.25 bits per heavy atom. The van der Waals surface area contributed by atoms with Gasteiger partial charge in [-0.15, -0.1) is 0 Å². The van der Waals surface area contributed by atoms with Gasteiger partial charge in [-0.25, -0.2) is 4.39 Å². The minimum Gasteiger partial charge on any atom is -0.388 e. The van der Waals surface area contributed by atoms with Crippen LogP contribution in [0, 0.1) is 19.7 Å². The van der Waals surface area contributed by atoms with E-state index in [4.69, 9.17) is 5.73 Å². The molecule has 0 aliphatic rings. The van der Waals surface area contributed by atoms with Crippen LogP contribution in [0.5, 0.6) is 0 Å². The highest BCUT2D eigenvalue weighted by Crippen LogP contribution is 2.33. The van der Waals surface area contributed by atoms with Crippen LogP contribution in [0.25, 0.3) is 0 Å². The van der Waals surface area contributed by atoms with Gasteiger partial charge in [-0.3, -0.25) is 0 Å². The van der Waals surface area contributed by atoms with Crippen LogP contribution in [-0.2, 0) is 0 Å². The molecule has 3 heteroatoms. The molecule has 0 heterocycles. The van der Waals surface area contributed by atoms with Crippen molar-refractivity contribution in [1.29, 1.82) is 0 Å². The van der Waals surface area contributed by atoms with Crippen molar-refractivity contribution in [2.45, 2.75) is 25.9 Å². The third kappa shape index (κ3) is 2.89. The second-order valence-electron chi connectivity index (χ2n) is 5.15. The molecule has 0 aliphatic heterocycles. The summed E-state index contributed by atoms with van der Waals surface area (Å²) in [6.45, 7) is 4.19. The molecular weight excluding hydrogens is 253 g/mol. The number of rotatable bonds is 4. The highest BCUT2D eigenvalue weighted by atomic mass is 19.1. The topological polar surface area (TPSA) is 46.2 Å². The van der Waals surface area contributed by atoms with Crippen molar-refractivity contribution in [1.82, 2.24) is 0 Å². The molecule has 0 amide bonds. The van der Waals surface area contributed by atoms with Gasteiger partial charge < -0.3 is 10.8 Å². The zero-order valence-corrected chi connectivity index (χ0v) is 11.8. The highest BCUT2D eigenvalue weighted by molar-refractivity contribution is 5.38. The molecule has 106 valence electrons. The molecule has 0 fully saturated rings. The zero-order valence-electron chi connectivity index (χ0n) is 11.8. The number of benzene rings is 2. The third-order valence-corrected chi connectivity index (χ3v) is 3.75. The maximum absolute atomic E-state index is 13.4. The van der Waals surface area contributed by atoms with Crippen molar-refractivity contribution in [3.8, 4) is 0 Å². The van der Waals surface area contributed by atoms with Crippen LogP contribution in [0.2, 0.25) is 0 Å². The van der Waals surface area contributed by atoms with E-state index in [2.05, 4.69) is 0 Å². The van der Waals surface area contributed by atoms with Crippen molar-refractivity contribution in [3.05, 3.63) is 70.5 Å². The van der Waals surface area contributed by atoms with Crippen molar-refractivity contribution in [2.75, 3.05) is 6.54 Å². The molecular formula is C17H20FNO. The molecule has 0 spiro atoms. The van der Waals surface area contributed by atoms with E-state index in [9.17, 15) is 9.50 Å². The van der Waals surface area contributed by atoms with Gasteiger partial charge in [0.05, 0.1) is 6.10 Å². The summed E-state index contributed by atoms with van der Waals surface area (Å²) in [4.78, 5) is 0. The van der Waals surface area contributed by atoms with Crippen molar-refractivity contribution >= 4 is 0 Å². The Hall–Kier alpha value is -1.71. The summed E-state index contributed by atoms with van der Waals surface area (Å²) in [5.41, 5.74) is 9.46. The quantitative estimate of drug-likeness (QED) is 0.898. The molecule has 0 bridgehead atoms. The van der Waals surface area contributed by atoms with Crippen LogP contribution in [0.1, 0.15) is 34.3 Å². The van der Waals surface area contributed by atoms with E-state index >= 15 is 0 Å². The summed E-state index contributed by atoms with van der Waals surface area (Å²) in [5, 5.41) is 10.7. The van der Waals surface area contributed by atoms with Crippen molar-refractivity contribution < 1.29 is 9.50 Å². The van der Waals surface area contributed by atoms with Gasteiger partial charge >= 0.3 is 0 Å². The van der Waals surface area contributed by atoms with E-state index in [1.807, 2.05) is 32.0 Å². The number of hydrogen-bond donors (Lipinski definition) is 2. The van der Waals surface area contributed by atoms with E-state index in [0.717, 1.165) is 22.3 Å². The molecule has 20 heavy (non-hydrogen) atoms. The normalized spacial score (nSPS) is 14.1. The lowest BCUT2D eigenvalue weighted by Crippen LogP contribution is -2.21. The largest absolute Gasteiger partial charge is 0.388 e. The summed E-state index contributed by atoms with van der Waals surface area (Å²) < 4.78 is 13.4. The van der Waals surface area contributed by atoms with Gasteiger partial charge in [0.15, 0.2) is 0 Å². The number of aryl methyl sites for hydroxylation is 2. The minimum atomic E-state index is -0.733. The molecule has 0 aromatic heterocycles. The summed E-state index contributed by atoms with van der Waals surface area (Å²) in [7, 11) is 0. The van der Waals surface area contributed by atoms with E-state index in [1.54, 1.807) is 12.1 Å². The van der Waals surface area contributed by atoms with E-state index in [-0.39, 0.29) is 18.3 Å². The summed E-state index contributed by atoms with van der Waals surface area (Å²) in [5.74, 6) is -0.625. The minimum absolute atomic E-state index is 0.262. The lowest BCUT2D eigenvalue weighted by Gasteiger charge is -2.25. The van der Waals surface area contributed by atoms with Gasteiger partial charge in [-0.2, -0.15) is 0 Å². The Labute approximate surface area is 119 Å². The SMILES string of the molecule is Cc1cccc(C)c1C(O)C(CN)c1cccc(F)c1. The van der Waals surface area contributed by atoms with Crippen LogP contribution >= 0.6 is 0 Å². The van der Waals surface area contributed by atoms with Gasteiger partial charge in [0.1, 0.15) is 5.82 Å². The number of aliphatic hydroxyl groups is 1. The Morgan fingerprint density at radius 2 is 1.70 bits per heavy atom. The summed E-state index contributed by atoms with van der Waals surface area (Å²) in [6.07, 6.45) is -0.733. The van der Waals surface area contributed by atoms with Crippen LogP contribution in [-0.4, -0.2) is 11.7 Å². The molecule has 0 saturated heterocycles. The number of aliphatic hydroxyl groups excluding tert-OH is 1. The Kier molecular flexibility index (Phi) is 4.53.